The van der Waals surface area contributed by atoms with E-state index in [-0.39, 0.29) is 11.3 Å². The van der Waals surface area contributed by atoms with Crippen LogP contribution in [-0.4, -0.2) is 22.8 Å². The summed E-state index contributed by atoms with van der Waals surface area (Å²) in [7, 11) is 0. The molecule has 4 saturated carbocycles. The Balaban J connectivity index is 1.47. The quantitative estimate of drug-likeness (QED) is 0.790. The molecule has 1 aromatic rings. The molecule has 4 fully saturated rings. The van der Waals surface area contributed by atoms with Crippen molar-refractivity contribution in [1.82, 2.24) is 10.3 Å². The van der Waals surface area contributed by atoms with Gasteiger partial charge in [-0.25, -0.2) is 4.98 Å². The standard InChI is InChI=1S/C19H24ClN3O2/c20-16-2-1-11(10-22-16)6-15(17(21)24)23-18(25)19-7-12-3-13(8-19)5-14(4-12)9-19/h1-2,10,12-15H,3-9H2,(H2,21,24)(H,23,25)/t12?,13?,14?,15-,19?/m0/s1. The number of rotatable bonds is 5. The summed E-state index contributed by atoms with van der Waals surface area (Å²) in [5.74, 6) is 1.57. The monoisotopic (exact) mass is 361 g/mol. The van der Waals surface area contributed by atoms with Gasteiger partial charge in [-0.05, 0) is 67.9 Å². The molecule has 0 saturated heterocycles. The van der Waals surface area contributed by atoms with Gasteiger partial charge in [0.05, 0.1) is 0 Å². The van der Waals surface area contributed by atoms with E-state index < -0.39 is 11.9 Å². The highest BCUT2D eigenvalue weighted by atomic mass is 35.5. The molecular formula is C19H24ClN3O2. The van der Waals surface area contributed by atoms with E-state index in [1.165, 1.54) is 19.3 Å². The van der Waals surface area contributed by atoms with Crippen LogP contribution < -0.4 is 11.1 Å². The molecule has 134 valence electrons. The van der Waals surface area contributed by atoms with Gasteiger partial charge >= 0.3 is 0 Å². The summed E-state index contributed by atoms with van der Waals surface area (Å²) in [6.07, 6.45) is 8.72. The summed E-state index contributed by atoms with van der Waals surface area (Å²) in [5.41, 5.74) is 6.11. The Morgan fingerprint density at radius 2 is 1.80 bits per heavy atom. The van der Waals surface area contributed by atoms with Crippen LogP contribution in [0.15, 0.2) is 18.3 Å². The van der Waals surface area contributed by atoms with Crippen molar-refractivity contribution in [2.75, 3.05) is 0 Å². The summed E-state index contributed by atoms with van der Waals surface area (Å²) in [6, 6.07) is 2.78. The molecule has 0 aromatic carbocycles. The van der Waals surface area contributed by atoms with Crippen molar-refractivity contribution in [3.05, 3.63) is 29.0 Å². The van der Waals surface area contributed by atoms with E-state index in [0.29, 0.717) is 29.3 Å². The lowest BCUT2D eigenvalue weighted by Gasteiger charge is -2.55. The Kier molecular flexibility index (Phi) is 4.22. The Morgan fingerprint density at radius 3 is 2.28 bits per heavy atom. The van der Waals surface area contributed by atoms with Crippen LogP contribution in [0.25, 0.3) is 0 Å². The van der Waals surface area contributed by atoms with Crippen LogP contribution in [0.5, 0.6) is 0 Å². The summed E-state index contributed by atoms with van der Waals surface area (Å²) in [5, 5.41) is 3.36. The maximum absolute atomic E-state index is 13.1. The fraction of sp³-hybridized carbons (Fsp3) is 0.632. The zero-order valence-electron chi connectivity index (χ0n) is 14.2. The molecular weight excluding hydrogens is 338 g/mol. The third-order valence-electron chi connectivity index (χ3n) is 6.40. The zero-order valence-corrected chi connectivity index (χ0v) is 15.0. The molecule has 6 heteroatoms. The zero-order chi connectivity index (χ0) is 17.6. The Bertz CT molecular complexity index is 653. The molecule has 1 aromatic heterocycles. The minimum absolute atomic E-state index is 0.0253. The van der Waals surface area contributed by atoms with E-state index in [0.717, 1.165) is 24.8 Å². The number of nitrogens with zero attached hydrogens (tertiary/aromatic N) is 1. The van der Waals surface area contributed by atoms with E-state index in [1.54, 1.807) is 12.3 Å². The average molecular weight is 362 g/mol. The summed E-state index contributed by atoms with van der Waals surface area (Å²) < 4.78 is 0. The minimum atomic E-state index is -0.705. The van der Waals surface area contributed by atoms with Crippen molar-refractivity contribution >= 4 is 23.4 Å². The van der Waals surface area contributed by atoms with Crippen LogP contribution in [0, 0.1) is 23.2 Å². The third-order valence-corrected chi connectivity index (χ3v) is 6.62. The maximum Gasteiger partial charge on any atom is 0.240 e. The predicted molar refractivity (Wildman–Crippen MR) is 94.7 cm³/mol. The van der Waals surface area contributed by atoms with Gasteiger partial charge in [-0.15, -0.1) is 0 Å². The fourth-order valence-electron chi connectivity index (χ4n) is 5.69. The van der Waals surface area contributed by atoms with Crippen LogP contribution in [-0.2, 0) is 16.0 Å². The molecule has 0 spiro atoms. The maximum atomic E-state index is 13.1. The average Bonchev–Trinajstić information content (AvgIpc) is 2.54. The number of hydrogen-bond donors (Lipinski definition) is 2. The van der Waals surface area contributed by atoms with Crippen molar-refractivity contribution in [2.45, 2.75) is 51.0 Å². The van der Waals surface area contributed by atoms with Gasteiger partial charge in [-0.2, -0.15) is 0 Å². The number of primary amides is 1. The topological polar surface area (TPSA) is 85.1 Å². The number of pyridine rings is 1. The van der Waals surface area contributed by atoms with E-state index in [1.807, 2.05) is 6.07 Å². The highest BCUT2D eigenvalue weighted by Gasteiger charge is 2.54. The summed E-state index contributed by atoms with van der Waals surface area (Å²) in [6.45, 7) is 0. The fourth-order valence-corrected chi connectivity index (χ4v) is 5.80. The van der Waals surface area contributed by atoms with E-state index in [9.17, 15) is 9.59 Å². The Hall–Kier alpha value is -1.62. The lowest BCUT2D eigenvalue weighted by molar-refractivity contribution is -0.148. The number of aromatic nitrogens is 1. The molecule has 4 bridgehead atoms. The second-order valence-electron chi connectivity index (χ2n) is 8.32. The van der Waals surface area contributed by atoms with E-state index in [2.05, 4.69) is 10.3 Å². The minimum Gasteiger partial charge on any atom is -0.368 e. The number of carbonyl (C=O) groups is 2. The number of nitrogens with one attached hydrogen (secondary N) is 1. The Morgan fingerprint density at radius 1 is 1.20 bits per heavy atom. The molecule has 0 aliphatic heterocycles. The van der Waals surface area contributed by atoms with Gasteiger partial charge in [0.2, 0.25) is 11.8 Å². The molecule has 2 amide bonds. The molecule has 5 rings (SSSR count). The predicted octanol–water partition coefficient (Wildman–Crippen LogP) is 2.46. The lowest BCUT2D eigenvalue weighted by atomic mass is 9.49. The van der Waals surface area contributed by atoms with Crippen LogP contribution in [0.3, 0.4) is 0 Å². The number of carbonyl (C=O) groups excluding carboxylic acids is 2. The van der Waals surface area contributed by atoms with Gasteiger partial charge in [-0.1, -0.05) is 17.7 Å². The molecule has 0 unspecified atom stereocenters. The normalized spacial score (nSPS) is 33.9. The molecule has 25 heavy (non-hydrogen) atoms. The molecule has 4 aliphatic rings. The van der Waals surface area contributed by atoms with Gasteiger partial charge in [0.25, 0.3) is 0 Å². The third kappa shape index (κ3) is 3.26. The van der Waals surface area contributed by atoms with Gasteiger partial charge in [0.15, 0.2) is 0 Å². The summed E-state index contributed by atoms with van der Waals surface area (Å²) in [4.78, 5) is 29.0. The number of halogens is 1. The van der Waals surface area contributed by atoms with Gasteiger partial charge < -0.3 is 11.1 Å². The van der Waals surface area contributed by atoms with Crippen molar-refractivity contribution in [1.29, 1.82) is 0 Å². The van der Waals surface area contributed by atoms with Crippen molar-refractivity contribution in [2.24, 2.45) is 28.9 Å². The molecule has 1 atom stereocenters. The molecule has 1 heterocycles. The van der Waals surface area contributed by atoms with Gasteiger partial charge in [0, 0.05) is 18.0 Å². The van der Waals surface area contributed by atoms with E-state index >= 15 is 0 Å². The van der Waals surface area contributed by atoms with E-state index in [4.69, 9.17) is 17.3 Å². The molecule has 5 nitrogen and oxygen atoms in total. The Labute approximate surface area is 152 Å². The van der Waals surface area contributed by atoms with Crippen molar-refractivity contribution in [3.63, 3.8) is 0 Å². The first-order valence-corrected chi connectivity index (χ1v) is 9.52. The first-order valence-electron chi connectivity index (χ1n) is 9.14. The van der Waals surface area contributed by atoms with Crippen molar-refractivity contribution in [3.8, 4) is 0 Å². The highest BCUT2D eigenvalue weighted by molar-refractivity contribution is 6.29. The smallest absolute Gasteiger partial charge is 0.240 e. The second kappa shape index (κ2) is 6.27. The van der Waals surface area contributed by atoms with Gasteiger partial charge in [-0.3, -0.25) is 9.59 Å². The number of amides is 2. The van der Waals surface area contributed by atoms with Gasteiger partial charge in [0.1, 0.15) is 11.2 Å². The largest absolute Gasteiger partial charge is 0.368 e. The van der Waals surface area contributed by atoms with Crippen LogP contribution in [0.4, 0.5) is 0 Å². The summed E-state index contributed by atoms with van der Waals surface area (Å²) >= 11 is 5.80. The SMILES string of the molecule is NC(=O)[C@H](Cc1ccc(Cl)nc1)NC(=O)C12CC3CC(CC(C3)C1)C2. The number of nitrogens with two attached hydrogens (primary N) is 1. The molecule has 3 N–H and O–H groups in total. The van der Waals surface area contributed by atoms with Crippen LogP contribution in [0.2, 0.25) is 5.15 Å². The lowest BCUT2D eigenvalue weighted by Crippen LogP contribution is -2.57. The first-order chi connectivity index (χ1) is 11.9. The second-order valence-corrected chi connectivity index (χ2v) is 8.71. The van der Waals surface area contributed by atoms with Crippen LogP contribution in [0.1, 0.15) is 44.1 Å². The van der Waals surface area contributed by atoms with Crippen molar-refractivity contribution < 1.29 is 9.59 Å². The first kappa shape index (κ1) is 16.8. The molecule has 0 radical (unpaired) electrons. The van der Waals surface area contributed by atoms with Crippen LogP contribution >= 0.6 is 11.6 Å². The highest BCUT2D eigenvalue weighted by Crippen LogP contribution is 2.60. The number of hydrogen-bond acceptors (Lipinski definition) is 3. The molecule has 4 aliphatic carbocycles.